The van der Waals surface area contributed by atoms with Gasteiger partial charge in [-0.05, 0) is 38.0 Å². The van der Waals surface area contributed by atoms with Gasteiger partial charge in [0.1, 0.15) is 5.82 Å². The molecule has 3 heterocycles. The van der Waals surface area contributed by atoms with E-state index in [2.05, 4.69) is 9.55 Å². The maximum atomic E-state index is 13.0. The summed E-state index contributed by atoms with van der Waals surface area (Å²) in [6.45, 7) is 4.78. The molecule has 0 saturated carbocycles. The zero-order valence-corrected chi connectivity index (χ0v) is 14.5. The lowest BCUT2D eigenvalue weighted by Gasteiger charge is -2.34. The molecular formula is C19H23N3O3. The summed E-state index contributed by atoms with van der Waals surface area (Å²) in [5.41, 5.74) is 0.659. The molecule has 132 valence electrons. The number of likely N-dealkylation sites (tertiary alicyclic amines) is 1. The summed E-state index contributed by atoms with van der Waals surface area (Å²) in [7, 11) is 0. The minimum Gasteiger partial charge on any atom is -0.490 e. The molecule has 1 atom stereocenters. The highest BCUT2D eigenvalue weighted by atomic mass is 16.5. The molecule has 1 amide bonds. The van der Waals surface area contributed by atoms with Gasteiger partial charge >= 0.3 is 0 Å². The summed E-state index contributed by atoms with van der Waals surface area (Å²) in [5.74, 6) is 2.44. The predicted molar refractivity (Wildman–Crippen MR) is 93.2 cm³/mol. The Hall–Kier alpha value is -2.50. The maximum absolute atomic E-state index is 13.0. The van der Waals surface area contributed by atoms with E-state index in [9.17, 15) is 4.79 Å². The van der Waals surface area contributed by atoms with Crippen LogP contribution in [-0.4, -0.2) is 46.7 Å². The standard InChI is InChI=1S/C19H23N3O3/c1-14-20-7-9-22(14)16-4-2-8-21(13-16)19(23)15-5-6-17-18(12-15)25-11-3-10-24-17/h5-7,9,12,16H,2-4,8,10-11,13H2,1H3/t16-/m1/s1. The van der Waals surface area contributed by atoms with Crippen molar-refractivity contribution in [3.05, 3.63) is 42.0 Å². The Labute approximate surface area is 147 Å². The first-order chi connectivity index (χ1) is 12.2. The second-order valence-electron chi connectivity index (χ2n) is 6.64. The predicted octanol–water partition coefficient (Wildman–Crippen LogP) is 2.83. The van der Waals surface area contributed by atoms with Crippen LogP contribution in [0.2, 0.25) is 0 Å². The molecule has 6 heteroatoms. The molecule has 0 radical (unpaired) electrons. The second kappa shape index (κ2) is 6.78. The molecule has 1 fully saturated rings. The van der Waals surface area contributed by atoms with Gasteiger partial charge in [-0.25, -0.2) is 4.98 Å². The number of amides is 1. The van der Waals surface area contributed by atoms with E-state index in [1.54, 1.807) is 0 Å². The minimum atomic E-state index is 0.0538. The fourth-order valence-electron chi connectivity index (χ4n) is 3.62. The number of ether oxygens (including phenoxy) is 2. The monoisotopic (exact) mass is 341 g/mol. The molecule has 25 heavy (non-hydrogen) atoms. The van der Waals surface area contributed by atoms with Gasteiger partial charge in [-0.15, -0.1) is 0 Å². The van der Waals surface area contributed by atoms with Crippen LogP contribution in [0, 0.1) is 6.92 Å². The number of fused-ring (bicyclic) bond motifs is 1. The summed E-state index contributed by atoms with van der Waals surface area (Å²) >= 11 is 0. The van der Waals surface area contributed by atoms with Crippen molar-refractivity contribution in [2.75, 3.05) is 26.3 Å². The Morgan fingerprint density at radius 3 is 2.84 bits per heavy atom. The number of benzene rings is 1. The van der Waals surface area contributed by atoms with Crippen molar-refractivity contribution < 1.29 is 14.3 Å². The largest absolute Gasteiger partial charge is 0.490 e. The third-order valence-corrected chi connectivity index (χ3v) is 4.93. The Balaban J connectivity index is 1.52. The van der Waals surface area contributed by atoms with E-state index in [1.165, 1.54) is 0 Å². The first-order valence-electron chi connectivity index (χ1n) is 8.91. The van der Waals surface area contributed by atoms with E-state index in [0.29, 0.717) is 37.1 Å². The molecule has 1 aromatic carbocycles. The summed E-state index contributed by atoms with van der Waals surface area (Å²) in [5, 5.41) is 0. The zero-order valence-electron chi connectivity index (χ0n) is 14.5. The van der Waals surface area contributed by atoms with Crippen LogP contribution >= 0.6 is 0 Å². The second-order valence-corrected chi connectivity index (χ2v) is 6.64. The zero-order chi connectivity index (χ0) is 17.2. The number of hydrogen-bond donors (Lipinski definition) is 0. The van der Waals surface area contributed by atoms with Gasteiger partial charge in [0, 0.05) is 37.5 Å². The van der Waals surface area contributed by atoms with Gasteiger partial charge < -0.3 is 18.9 Å². The lowest BCUT2D eigenvalue weighted by Crippen LogP contribution is -2.40. The first-order valence-corrected chi connectivity index (χ1v) is 8.91. The van der Waals surface area contributed by atoms with Crippen molar-refractivity contribution in [1.82, 2.24) is 14.5 Å². The number of aryl methyl sites for hydroxylation is 1. The third kappa shape index (κ3) is 3.21. The van der Waals surface area contributed by atoms with Crippen LogP contribution in [0.15, 0.2) is 30.6 Å². The number of hydrogen-bond acceptors (Lipinski definition) is 4. The number of piperidine rings is 1. The molecule has 1 saturated heterocycles. The van der Waals surface area contributed by atoms with Crippen molar-refractivity contribution in [3.63, 3.8) is 0 Å². The molecule has 6 nitrogen and oxygen atoms in total. The van der Waals surface area contributed by atoms with Crippen molar-refractivity contribution in [3.8, 4) is 11.5 Å². The summed E-state index contributed by atoms with van der Waals surface area (Å²) < 4.78 is 13.5. The quantitative estimate of drug-likeness (QED) is 0.843. The topological polar surface area (TPSA) is 56.6 Å². The van der Waals surface area contributed by atoms with Gasteiger partial charge in [0.15, 0.2) is 11.5 Å². The van der Waals surface area contributed by atoms with Crippen LogP contribution in [0.1, 0.15) is 41.5 Å². The molecule has 0 bridgehead atoms. The van der Waals surface area contributed by atoms with E-state index in [4.69, 9.17) is 9.47 Å². The molecule has 0 unspecified atom stereocenters. The van der Waals surface area contributed by atoms with Crippen LogP contribution in [0.25, 0.3) is 0 Å². The summed E-state index contributed by atoms with van der Waals surface area (Å²) in [6, 6.07) is 5.78. The molecule has 2 aliphatic rings. The lowest BCUT2D eigenvalue weighted by molar-refractivity contribution is 0.0678. The lowest BCUT2D eigenvalue weighted by atomic mass is 10.0. The van der Waals surface area contributed by atoms with Gasteiger partial charge in [0.05, 0.1) is 19.3 Å². The fraction of sp³-hybridized carbons (Fsp3) is 0.474. The van der Waals surface area contributed by atoms with E-state index in [1.807, 2.05) is 42.4 Å². The van der Waals surface area contributed by atoms with Gasteiger partial charge in [-0.1, -0.05) is 0 Å². The SMILES string of the molecule is Cc1nccn1[C@@H]1CCCN(C(=O)c2ccc3c(c2)OCCCO3)C1. The van der Waals surface area contributed by atoms with Gasteiger partial charge in [-0.2, -0.15) is 0 Å². The van der Waals surface area contributed by atoms with E-state index in [0.717, 1.165) is 37.4 Å². The van der Waals surface area contributed by atoms with Crippen molar-refractivity contribution in [1.29, 1.82) is 0 Å². The van der Waals surface area contributed by atoms with Crippen LogP contribution in [-0.2, 0) is 0 Å². The van der Waals surface area contributed by atoms with Crippen molar-refractivity contribution >= 4 is 5.91 Å². The number of carbonyl (C=O) groups excluding carboxylic acids is 1. The molecule has 2 aliphatic heterocycles. The average molecular weight is 341 g/mol. The smallest absolute Gasteiger partial charge is 0.254 e. The van der Waals surface area contributed by atoms with Gasteiger partial charge in [0.25, 0.3) is 5.91 Å². The number of aromatic nitrogens is 2. The van der Waals surface area contributed by atoms with Gasteiger partial charge in [-0.3, -0.25) is 4.79 Å². The Kier molecular flexibility index (Phi) is 4.34. The van der Waals surface area contributed by atoms with Crippen LogP contribution < -0.4 is 9.47 Å². The Morgan fingerprint density at radius 1 is 1.20 bits per heavy atom. The van der Waals surface area contributed by atoms with Crippen molar-refractivity contribution in [2.24, 2.45) is 0 Å². The molecule has 1 aromatic heterocycles. The normalized spacial score (nSPS) is 20.2. The molecule has 0 spiro atoms. The summed E-state index contributed by atoms with van der Waals surface area (Å²) in [4.78, 5) is 19.2. The number of nitrogens with zero attached hydrogens (tertiary/aromatic N) is 3. The highest BCUT2D eigenvalue weighted by molar-refractivity contribution is 5.95. The Morgan fingerprint density at radius 2 is 2.04 bits per heavy atom. The van der Waals surface area contributed by atoms with E-state index in [-0.39, 0.29) is 5.91 Å². The number of carbonyl (C=O) groups is 1. The molecule has 0 aliphatic carbocycles. The first kappa shape index (κ1) is 16.0. The number of rotatable bonds is 2. The molecule has 0 N–H and O–H groups in total. The fourth-order valence-corrected chi connectivity index (χ4v) is 3.62. The average Bonchev–Trinajstić information content (AvgIpc) is 2.93. The molecule has 4 rings (SSSR count). The van der Waals surface area contributed by atoms with E-state index >= 15 is 0 Å². The highest BCUT2D eigenvalue weighted by Crippen LogP contribution is 2.31. The summed E-state index contributed by atoms with van der Waals surface area (Å²) in [6.07, 6.45) is 6.75. The minimum absolute atomic E-state index is 0.0538. The van der Waals surface area contributed by atoms with Crippen molar-refractivity contribution in [2.45, 2.75) is 32.2 Å². The number of imidazole rings is 1. The van der Waals surface area contributed by atoms with E-state index < -0.39 is 0 Å². The van der Waals surface area contributed by atoms with Crippen LogP contribution in [0.3, 0.4) is 0 Å². The Bertz CT molecular complexity index is 771. The van der Waals surface area contributed by atoms with Gasteiger partial charge in [0.2, 0.25) is 0 Å². The van der Waals surface area contributed by atoms with Crippen LogP contribution in [0.5, 0.6) is 11.5 Å². The molecule has 2 aromatic rings. The van der Waals surface area contributed by atoms with Crippen LogP contribution in [0.4, 0.5) is 0 Å². The molecular weight excluding hydrogens is 318 g/mol. The third-order valence-electron chi connectivity index (χ3n) is 4.93. The maximum Gasteiger partial charge on any atom is 0.254 e. The highest BCUT2D eigenvalue weighted by Gasteiger charge is 2.26.